The number of likely N-dealkylation sites (N-methyl/N-ethyl adjacent to an activating group) is 1. The van der Waals surface area contributed by atoms with Gasteiger partial charge in [0, 0.05) is 25.1 Å². The van der Waals surface area contributed by atoms with E-state index < -0.39 is 6.04 Å². The van der Waals surface area contributed by atoms with Gasteiger partial charge in [-0.25, -0.2) is 4.98 Å². The largest absolute Gasteiger partial charge is 0.381 e. The van der Waals surface area contributed by atoms with Crippen molar-refractivity contribution in [2.75, 3.05) is 20.3 Å². The Morgan fingerprint density at radius 2 is 2.32 bits per heavy atom. The highest BCUT2D eigenvalue weighted by molar-refractivity contribution is 7.09. The summed E-state index contributed by atoms with van der Waals surface area (Å²) < 4.78 is 5.30. The summed E-state index contributed by atoms with van der Waals surface area (Å²) in [5, 5.41) is 0. The molecule has 0 spiro atoms. The van der Waals surface area contributed by atoms with E-state index in [1.165, 1.54) is 0 Å². The number of aryl methyl sites for hydroxylation is 1. The monoisotopic (exact) mass is 283 g/mol. The Bertz CT molecular complexity index is 429. The van der Waals surface area contributed by atoms with E-state index in [2.05, 4.69) is 4.98 Å². The van der Waals surface area contributed by atoms with Gasteiger partial charge in [0.1, 0.15) is 0 Å². The van der Waals surface area contributed by atoms with E-state index in [4.69, 9.17) is 10.5 Å². The van der Waals surface area contributed by atoms with Crippen molar-refractivity contribution in [2.24, 2.45) is 11.7 Å². The lowest BCUT2D eigenvalue weighted by Gasteiger charge is -2.29. The van der Waals surface area contributed by atoms with E-state index in [-0.39, 0.29) is 11.8 Å². The number of hydrogen-bond acceptors (Lipinski definition) is 5. The molecule has 0 bridgehead atoms. The van der Waals surface area contributed by atoms with Crippen molar-refractivity contribution < 1.29 is 9.53 Å². The molecule has 1 fully saturated rings. The smallest absolute Gasteiger partial charge is 0.239 e. The number of carbonyl (C=O) groups is 1. The molecule has 19 heavy (non-hydrogen) atoms. The molecule has 1 saturated heterocycles. The molecule has 2 rings (SSSR count). The summed E-state index contributed by atoms with van der Waals surface area (Å²) in [5.74, 6) is 0.256. The summed E-state index contributed by atoms with van der Waals surface area (Å²) in [6.07, 6.45) is 1.75. The molecule has 1 aliphatic rings. The van der Waals surface area contributed by atoms with E-state index >= 15 is 0 Å². The highest BCUT2D eigenvalue weighted by Gasteiger charge is 2.28. The molecule has 1 atom stereocenters. The van der Waals surface area contributed by atoms with E-state index in [0.717, 1.165) is 23.4 Å². The van der Waals surface area contributed by atoms with Crippen molar-refractivity contribution in [3.05, 3.63) is 16.1 Å². The lowest BCUT2D eigenvalue weighted by Crippen LogP contribution is -2.47. The Hall–Kier alpha value is -0.980. The average molecular weight is 283 g/mol. The van der Waals surface area contributed by atoms with Gasteiger partial charge in [-0.1, -0.05) is 0 Å². The lowest BCUT2D eigenvalue weighted by molar-refractivity contribution is -0.133. The van der Waals surface area contributed by atoms with Crippen molar-refractivity contribution in [1.29, 1.82) is 0 Å². The zero-order valence-corrected chi connectivity index (χ0v) is 12.3. The first-order valence-corrected chi connectivity index (χ1v) is 7.45. The van der Waals surface area contributed by atoms with Crippen LogP contribution in [0.3, 0.4) is 0 Å². The van der Waals surface area contributed by atoms with E-state index in [0.29, 0.717) is 19.8 Å². The van der Waals surface area contributed by atoms with Crippen LogP contribution in [0, 0.1) is 12.8 Å². The number of rotatable bonds is 4. The van der Waals surface area contributed by atoms with Gasteiger partial charge >= 0.3 is 0 Å². The standard InChI is InChI=1S/C13H21N3O2S/c1-9-11(19-8-15-9)7-16(2)13(17)12(14)10-3-5-18-6-4-10/h8,10,12H,3-7,14H2,1-2H3. The van der Waals surface area contributed by atoms with Crippen LogP contribution in [0.25, 0.3) is 0 Å². The average Bonchev–Trinajstić information content (AvgIpc) is 2.83. The summed E-state index contributed by atoms with van der Waals surface area (Å²) in [7, 11) is 1.81. The van der Waals surface area contributed by atoms with Gasteiger partial charge < -0.3 is 15.4 Å². The van der Waals surface area contributed by atoms with Crippen molar-refractivity contribution in [1.82, 2.24) is 9.88 Å². The summed E-state index contributed by atoms with van der Waals surface area (Å²) in [6, 6.07) is -0.415. The van der Waals surface area contributed by atoms with Gasteiger partial charge in [0.25, 0.3) is 0 Å². The van der Waals surface area contributed by atoms with Gasteiger partial charge in [0.2, 0.25) is 5.91 Å². The Labute approximate surface area is 117 Å². The second-order valence-electron chi connectivity index (χ2n) is 5.03. The van der Waals surface area contributed by atoms with Crippen LogP contribution in [0.5, 0.6) is 0 Å². The number of hydrogen-bond donors (Lipinski definition) is 1. The molecule has 5 nitrogen and oxygen atoms in total. The fourth-order valence-electron chi connectivity index (χ4n) is 2.30. The third-order valence-electron chi connectivity index (χ3n) is 3.66. The third-order valence-corrected chi connectivity index (χ3v) is 4.58. The normalized spacial score (nSPS) is 18.3. The third kappa shape index (κ3) is 3.52. The second kappa shape index (κ2) is 6.45. The van der Waals surface area contributed by atoms with E-state index in [1.807, 2.05) is 6.92 Å². The number of aromatic nitrogens is 1. The molecule has 6 heteroatoms. The van der Waals surface area contributed by atoms with E-state index in [1.54, 1.807) is 28.8 Å². The number of amides is 1. The summed E-state index contributed by atoms with van der Waals surface area (Å²) in [4.78, 5) is 19.3. The minimum absolute atomic E-state index is 0.0136. The van der Waals surface area contributed by atoms with Crippen LogP contribution in [-0.2, 0) is 16.1 Å². The molecule has 2 N–H and O–H groups in total. The summed E-state index contributed by atoms with van der Waals surface area (Å²) in [5.41, 5.74) is 8.90. The number of ether oxygens (including phenoxy) is 1. The molecule has 0 radical (unpaired) electrons. The van der Waals surface area contributed by atoms with Gasteiger partial charge in [0.05, 0.1) is 23.8 Å². The first-order valence-electron chi connectivity index (χ1n) is 6.57. The van der Waals surface area contributed by atoms with Crippen LogP contribution in [0.4, 0.5) is 0 Å². The predicted octanol–water partition coefficient (Wildman–Crippen LogP) is 1.16. The summed E-state index contributed by atoms with van der Waals surface area (Å²) in [6.45, 7) is 3.97. The number of carbonyl (C=O) groups excluding carboxylic acids is 1. The Morgan fingerprint density at radius 1 is 1.63 bits per heavy atom. The number of thiazole rings is 1. The molecular formula is C13H21N3O2S. The fourth-order valence-corrected chi connectivity index (χ4v) is 3.13. The molecule has 1 aliphatic heterocycles. The van der Waals surface area contributed by atoms with Gasteiger partial charge in [-0.05, 0) is 25.7 Å². The van der Waals surface area contributed by atoms with Gasteiger partial charge in [-0.15, -0.1) is 11.3 Å². The molecule has 106 valence electrons. The predicted molar refractivity (Wildman–Crippen MR) is 74.8 cm³/mol. The summed E-state index contributed by atoms with van der Waals surface area (Å²) >= 11 is 1.58. The molecule has 0 aromatic carbocycles. The highest BCUT2D eigenvalue weighted by atomic mass is 32.1. The Balaban J connectivity index is 1.92. The molecular weight excluding hydrogens is 262 g/mol. The fraction of sp³-hybridized carbons (Fsp3) is 0.692. The Kier molecular flexibility index (Phi) is 4.90. The minimum Gasteiger partial charge on any atom is -0.381 e. The van der Waals surface area contributed by atoms with Crippen LogP contribution in [0.1, 0.15) is 23.4 Å². The van der Waals surface area contributed by atoms with Crippen LogP contribution in [0.2, 0.25) is 0 Å². The van der Waals surface area contributed by atoms with Crippen LogP contribution < -0.4 is 5.73 Å². The van der Waals surface area contributed by atoms with Gasteiger partial charge in [-0.2, -0.15) is 0 Å². The maximum atomic E-state index is 12.3. The van der Waals surface area contributed by atoms with Crippen LogP contribution in [0.15, 0.2) is 5.51 Å². The molecule has 1 amide bonds. The molecule has 2 heterocycles. The number of nitrogens with zero attached hydrogens (tertiary/aromatic N) is 2. The molecule has 0 aliphatic carbocycles. The van der Waals surface area contributed by atoms with Crippen molar-refractivity contribution in [3.8, 4) is 0 Å². The topological polar surface area (TPSA) is 68.5 Å². The van der Waals surface area contributed by atoms with Crippen LogP contribution >= 0.6 is 11.3 Å². The maximum Gasteiger partial charge on any atom is 0.239 e. The quantitative estimate of drug-likeness (QED) is 0.900. The van der Waals surface area contributed by atoms with Crippen LogP contribution in [-0.4, -0.2) is 42.1 Å². The zero-order chi connectivity index (χ0) is 13.8. The zero-order valence-electron chi connectivity index (χ0n) is 11.5. The van der Waals surface area contributed by atoms with Gasteiger partial charge in [0.15, 0.2) is 0 Å². The number of nitrogens with two attached hydrogens (primary N) is 1. The second-order valence-corrected chi connectivity index (χ2v) is 5.97. The Morgan fingerprint density at radius 3 is 2.89 bits per heavy atom. The minimum atomic E-state index is -0.415. The SMILES string of the molecule is Cc1ncsc1CN(C)C(=O)C(N)C1CCOCC1. The molecule has 0 saturated carbocycles. The first kappa shape index (κ1) is 14.4. The first-order chi connectivity index (χ1) is 9.09. The highest BCUT2D eigenvalue weighted by Crippen LogP contribution is 2.20. The maximum absolute atomic E-state index is 12.3. The van der Waals surface area contributed by atoms with Crippen molar-refractivity contribution in [3.63, 3.8) is 0 Å². The van der Waals surface area contributed by atoms with Crippen molar-refractivity contribution >= 4 is 17.2 Å². The molecule has 1 aromatic rings. The van der Waals surface area contributed by atoms with E-state index in [9.17, 15) is 4.79 Å². The van der Waals surface area contributed by atoms with Gasteiger partial charge in [-0.3, -0.25) is 4.79 Å². The van der Waals surface area contributed by atoms with Crippen molar-refractivity contribution in [2.45, 2.75) is 32.4 Å². The lowest BCUT2D eigenvalue weighted by atomic mass is 9.91. The molecule has 1 aromatic heterocycles. The molecule has 1 unspecified atom stereocenters.